The van der Waals surface area contributed by atoms with Crippen molar-refractivity contribution in [3.8, 4) is 5.75 Å². The molecule has 5 heteroatoms. The lowest BCUT2D eigenvalue weighted by Gasteiger charge is -2.34. The molecule has 0 aliphatic carbocycles. The van der Waals surface area contributed by atoms with Crippen molar-refractivity contribution in [2.24, 2.45) is 0 Å². The number of ether oxygens (including phenoxy) is 1. The number of benzene rings is 2. The largest absolute Gasteiger partial charge is 0.495 e. The highest BCUT2D eigenvalue weighted by Crippen LogP contribution is 2.23. The molecule has 126 valence electrons. The van der Waals surface area contributed by atoms with E-state index in [2.05, 4.69) is 40.5 Å². The topological polar surface area (TPSA) is 28.9 Å². The van der Waals surface area contributed by atoms with Gasteiger partial charge in [0.2, 0.25) is 0 Å². The number of piperazine rings is 1. The first kappa shape index (κ1) is 16.7. The van der Waals surface area contributed by atoms with Crippen LogP contribution in [0.2, 0.25) is 0 Å². The number of quaternary nitrogens is 1. The van der Waals surface area contributed by atoms with Crippen molar-refractivity contribution in [1.82, 2.24) is 4.90 Å². The van der Waals surface area contributed by atoms with E-state index in [9.17, 15) is 0 Å². The molecule has 0 atom stereocenters. The molecule has 0 unspecified atom stereocenters. The van der Waals surface area contributed by atoms with Gasteiger partial charge in [0.15, 0.2) is 5.11 Å². The van der Waals surface area contributed by atoms with Crippen LogP contribution in [0.25, 0.3) is 0 Å². The van der Waals surface area contributed by atoms with Gasteiger partial charge in [-0.15, -0.1) is 0 Å². The van der Waals surface area contributed by atoms with Crippen molar-refractivity contribution in [1.29, 1.82) is 0 Å². The first-order valence-corrected chi connectivity index (χ1v) is 8.73. The van der Waals surface area contributed by atoms with Crippen LogP contribution in [0.4, 0.5) is 5.69 Å². The summed E-state index contributed by atoms with van der Waals surface area (Å²) in [6.07, 6.45) is 0. The zero-order valence-electron chi connectivity index (χ0n) is 14.0. The van der Waals surface area contributed by atoms with Crippen LogP contribution < -0.4 is 15.0 Å². The van der Waals surface area contributed by atoms with Crippen molar-refractivity contribution in [3.05, 3.63) is 60.2 Å². The number of thiocarbonyl (C=S) groups is 1. The highest BCUT2D eigenvalue weighted by Gasteiger charge is 2.22. The Morgan fingerprint density at radius 3 is 2.46 bits per heavy atom. The van der Waals surface area contributed by atoms with Gasteiger partial charge < -0.3 is 19.9 Å². The van der Waals surface area contributed by atoms with Crippen molar-refractivity contribution in [2.45, 2.75) is 6.54 Å². The number of nitrogens with one attached hydrogen (secondary N) is 2. The van der Waals surface area contributed by atoms with Crippen LogP contribution in [0.5, 0.6) is 5.75 Å². The van der Waals surface area contributed by atoms with Crippen molar-refractivity contribution in [2.75, 3.05) is 38.6 Å². The summed E-state index contributed by atoms with van der Waals surface area (Å²) in [5.41, 5.74) is 2.32. The summed E-state index contributed by atoms with van der Waals surface area (Å²) in [4.78, 5) is 3.86. The van der Waals surface area contributed by atoms with E-state index in [4.69, 9.17) is 17.0 Å². The van der Waals surface area contributed by atoms with Gasteiger partial charge in [-0.2, -0.15) is 0 Å². The Morgan fingerprint density at radius 1 is 1.08 bits per heavy atom. The highest BCUT2D eigenvalue weighted by molar-refractivity contribution is 7.80. The number of rotatable bonds is 4. The molecule has 1 heterocycles. The molecule has 0 aromatic heterocycles. The van der Waals surface area contributed by atoms with Crippen molar-refractivity contribution < 1.29 is 9.64 Å². The van der Waals surface area contributed by atoms with Gasteiger partial charge in [-0.3, -0.25) is 0 Å². The maximum atomic E-state index is 5.58. The normalized spacial score (nSPS) is 15.1. The van der Waals surface area contributed by atoms with Gasteiger partial charge in [0.05, 0.1) is 39.0 Å². The minimum absolute atomic E-state index is 0.776. The Kier molecular flexibility index (Phi) is 5.67. The van der Waals surface area contributed by atoms with E-state index in [1.54, 1.807) is 12.0 Å². The second kappa shape index (κ2) is 8.13. The molecule has 1 aliphatic heterocycles. The molecule has 24 heavy (non-hydrogen) atoms. The predicted octanol–water partition coefficient (Wildman–Crippen LogP) is 1.79. The van der Waals surface area contributed by atoms with Crippen LogP contribution in [0.1, 0.15) is 5.56 Å². The third kappa shape index (κ3) is 4.24. The Hall–Kier alpha value is -2.11. The fourth-order valence-electron chi connectivity index (χ4n) is 3.03. The standard InChI is InChI=1S/C19H23N3OS/c1-23-18-10-6-5-9-17(18)20-19(24)22-13-11-21(12-14-22)15-16-7-3-2-4-8-16/h2-10H,11-15H2,1H3,(H,20,24)/p+1. The molecule has 0 saturated carbocycles. The average Bonchev–Trinajstić information content (AvgIpc) is 2.63. The molecule has 1 saturated heterocycles. The Bertz CT molecular complexity index is 669. The average molecular weight is 342 g/mol. The Balaban J connectivity index is 1.52. The highest BCUT2D eigenvalue weighted by atomic mass is 32.1. The molecule has 3 rings (SSSR count). The van der Waals surface area contributed by atoms with E-state index in [0.717, 1.165) is 49.3 Å². The van der Waals surface area contributed by atoms with Gasteiger partial charge >= 0.3 is 0 Å². The summed E-state index contributed by atoms with van der Waals surface area (Å²) in [7, 11) is 1.68. The zero-order valence-corrected chi connectivity index (χ0v) is 14.8. The molecule has 2 aromatic carbocycles. The maximum absolute atomic E-state index is 5.58. The van der Waals surface area contributed by atoms with Crippen molar-refractivity contribution in [3.63, 3.8) is 0 Å². The molecular weight excluding hydrogens is 318 g/mol. The number of hydrogen-bond donors (Lipinski definition) is 2. The maximum Gasteiger partial charge on any atom is 0.173 e. The minimum atomic E-state index is 0.776. The van der Waals surface area contributed by atoms with Gasteiger partial charge in [-0.05, 0) is 24.4 Å². The van der Waals surface area contributed by atoms with Gasteiger partial charge in [-0.1, -0.05) is 42.5 Å². The van der Waals surface area contributed by atoms with Gasteiger partial charge in [0.25, 0.3) is 0 Å². The number of methoxy groups -OCH3 is 1. The number of nitrogens with zero attached hydrogens (tertiary/aromatic N) is 1. The van der Waals surface area contributed by atoms with E-state index in [-0.39, 0.29) is 0 Å². The predicted molar refractivity (Wildman–Crippen MR) is 102 cm³/mol. The summed E-state index contributed by atoms with van der Waals surface area (Å²) < 4.78 is 5.37. The lowest BCUT2D eigenvalue weighted by molar-refractivity contribution is -0.917. The molecule has 0 amide bonds. The summed E-state index contributed by atoms with van der Waals surface area (Å²) in [6, 6.07) is 18.6. The SMILES string of the molecule is COc1ccccc1NC(=S)N1CC[NH+](Cc2ccccc2)CC1. The lowest BCUT2D eigenvalue weighted by atomic mass is 10.2. The second-order valence-corrected chi connectivity index (χ2v) is 6.42. The lowest BCUT2D eigenvalue weighted by Crippen LogP contribution is -3.13. The molecule has 2 aromatic rings. The molecule has 0 radical (unpaired) electrons. The van der Waals surface area contributed by atoms with Crippen LogP contribution in [-0.4, -0.2) is 43.3 Å². The van der Waals surface area contributed by atoms with Gasteiger partial charge in [0.1, 0.15) is 12.3 Å². The summed E-state index contributed by atoms with van der Waals surface area (Å²) >= 11 is 5.58. The molecule has 1 fully saturated rings. The van der Waals surface area contributed by atoms with Crippen LogP contribution in [0, 0.1) is 0 Å². The van der Waals surface area contributed by atoms with E-state index >= 15 is 0 Å². The number of para-hydroxylation sites is 2. The molecule has 0 spiro atoms. The first-order valence-electron chi connectivity index (χ1n) is 8.32. The fraction of sp³-hybridized carbons (Fsp3) is 0.316. The molecule has 4 nitrogen and oxygen atoms in total. The van der Waals surface area contributed by atoms with E-state index in [0.29, 0.717) is 0 Å². The van der Waals surface area contributed by atoms with Gasteiger partial charge in [0, 0.05) is 5.56 Å². The molecule has 1 aliphatic rings. The van der Waals surface area contributed by atoms with E-state index < -0.39 is 0 Å². The second-order valence-electron chi connectivity index (χ2n) is 6.03. The molecule has 2 N–H and O–H groups in total. The quantitative estimate of drug-likeness (QED) is 0.829. The zero-order chi connectivity index (χ0) is 16.8. The summed E-state index contributed by atoms with van der Waals surface area (Å²) in [5.74, 6) is 0.813. The monoisotopic (exact) mass is 342 g/mol. The molecule has 0 bridgehead atoms. The van der Waals surface area contributed by atoms with Crippen LogP contribution in [-0.2, 0) is 6.54 Å². The third-order valence-corrected chi connectivity index (χ3v) is 4.76. The van der Waals surface area contributed by atoms with Crippen molar-refractivity contribution >= 4 is 23.0 Å². The third-order valence-electron chi connectivity index (χ3n) is 4.40. The van der Waals surface area contributed by atoms with E-state index in [1.807, 2.05) is 24.3 Å². The summed E-state index contributed by atoms with van der Waals surface area (Å²) in [6.45, 7) is 5.24. The summed E-state index contributed by atoms with van der Waals surface area (Å²) in [5, 5.41) is 4.09. The van der Waals surface area contributed by atoms with Crippen LogP contribution in [0.15, 0.2) is 54.6 Å². The smallest absolute Gasteiger partial charge is 0.173 e. The van der Waals surface area contributed by atoms with Gasteiger partial charge in [-0.25, -0.2) is 0 Å². The molecular formula is C19H24N3OS+. The van der Waals surface area contributed by atoms with Crippen LogP contribution in [0.3, 0.4) is 0 Å². The van der Waals surface area contributed by atoms with Crippen LogP contribution >= 0.6 is 12.2 Å². The number of anilines is 1. The minimum Gasteiger partial charge on any atom is -0.495 e. The Morgan fingerprint density at radius 2 is 1.75 bits per heavy atom. The fourth-order valence-corrected chi connectivity index (χ4v) is 3.32. The number of hydrogen-bond acceptors (Lipinski definition) is 2. The Labute approximate surface area is 149 Å². The van der Waals surface area contributed by atoms with E-state index in [1.165, 1.54) is 5.56 Å². The first-order chi connectivity index (χ1) is 11.8.